The van der Waals surface area contributed by atoms with Crippen molar-refractivity contribution < 1.29 is 4.79 Å². The lowest BCUT2D eigenvalue weighted by Gasteiger charge is -2.22. The zero-order chi connectivity index (χ0) is 8.27. The SMILES string of the molecule is CNC(=O)N1CC=CC=C1N. The number of hydrogen-bond donors (Lipinski definition) is 2. The van der Waals surface area contributed by atoms with Gasteiger partial charge in [-0.25, -0.2) is 4.79 Å². The third-order valence-corrected chi connectivity index (χ3v) is 1.46. The summed E-state index contributed by atoms with van der Waals surface area (Å²) in [5.41, 5.74) is 5.53. The number of carbonyl (C=O) groups is 1. The van der Waals surface area contributed by atoms with Gasteiger partial charge in [-0.2, -0.15) is 0 Å². The van der Waals surface area contributed by atoms with Crippen molar-refractivity contribution in [3.63, 3.8) is 0 Å². The first kappa shape index (κ1) is 7.65. The van der Waals surface area contributed by atoms with Crippen molar-refractivity contribution >= 4 is 6.03 Å². The molecule has 2 amide bonds. The predicted octanol–water partition coefficient (Wildman–Crippen LogP) is -0.00230. The number of rotatable bonds is 0. The first-order chi connectivity index (χ1) is 5.25. The molecule has 0 radical (unpaired) electrons. The lowest BCUT2D eigenvalue weighted by atomic mass is 10.3. The van der Waals surface area contributed by atoms with Gasteiger partial charge in [0.1, 0.15) is 5.82 Å². The highest BCUT2D eigenvalue weighted by Crippen LogP contribution is 2.03. The molecular formula is C7H11N3O. The Bertz CT molecular complexity index is 220. The van der Waals surface area contributed by atoms with Crippen LogP contribution < -0.4 is 11.1 Å². The van der Waals surface area contributed by atoms with Crippen LogP contribution in [-0.2, 0) is 0 Å². The van der Waals surface area contributed by atoms with Gasteiger partial charge in [-0.3, -0.25) is 4.90 Å². The zero-order valence-electron chi connectivity index (χ0n) is 6.37. The predicted molar refractivity (Wildman–Crippen MR) is 42.6 cm³/mol. The Morgan fingerprint density at radius 3 is 3.09 bits per heavy atom. The summed E-state index contributed by atoms with van der Waals surface area (Å²) < 4.78 is 0. The van der Waals surface area contributed by atoms with E-state index in [-0.39, 0.29) is 6.03 Å². The van der Waals surface area contributed by atoms with Gasteiger partial charge in [-0.05, 0) is 6.08 Å². The van der Waals surface area contributed by atoms with Crippen LogP contribution in [0.5, 0.6) is 0 Å². The Labute approximate surface area is 65.4 Å². The van der Waals surface area contributed by atoms with Gasteiger partial charge in [0, 0.05) is 13.6 Å². The molecule has 0 saturated carbocycles. The molecule has 1 rings (SSSR count). The van der Waals surface area contributed by atoms with Crippen LogP contribution in [0.4, 0.5) is 4.79 Å². The quantitative estimate of drug-likeness (QED) is 0.514. The molecule has 0 aliphatic carbocycles. The molecule has 1 aliphatic heterocycles. The summed E-state index contributed by atoms with van der Waals surface area (Å²) in [6.07, 6.45) is 5.39. The number of hydrogen-bond acceptors (Lipinski definition) is 2. The fraction of sp³-hybridized carbons (Fsp3) is 0.286. The monoisotopic (exact) mass is 153 g/mol. The van der Waals surface area contributed by atoms with E-state index in [2.05, 4.69) is 5.32 Å². The Morgan fingerprint density at radius 2 is 2.55 bits per heavy atom. The molecule has 0 fully saturated rings. The van der Waals surface area contributed by atoms with Gasteiger partial charge >= 0.3 is 6.03 Å². The van der Waals surface area contributed by atoms with E-state index in [9.17, 15) is 4.79 Å². The van der Waals surface area contributed by atoms with Crippen LogP contribution in [0.3, 0.4) is 0 Å². The fourth-order valence-electron chi connectivity index (χ4n) is 0.863. The van der Waals surface area contributed by atoms with Crippen LogP contribution in [0.1, 0.15) is 0 Å². The zero-order valence-corrected chi connectivity index (χ0v) is 6.37. The topological polar surface area (TPSA) is 58.4 Å². The van der Waals surface area contributed by atoms with Crippen LogP contribution in [0.2, 0.25) is 0 Å². The van der Waals surface area contributed by atoms with E-state index >= 15 is 0 Å². The minimum absolute atomic E-state index is 0.178. The van der Waals surface area contributed by atoms with E-state index in [4.69, 9.17) is 5.73 Å². The van der Waals surface area contributed by atoms with Crippen molar-refractivity contribution in [2.45, 2.75) is 0 Å². The summed E-state index contributed by atoms with van der Waals surface area (Å²) in [6.45, 7) is 0.544. The third kappa shape index (κ3) is 1.52. The summed E-state index contributed by atoms with van der Waals surface area (Å²) in [5, 5.41) is 2.50. The molecule has 0 aromatic rings. The molecule has 0 bridgehead atoms. The molecule has 0 spiro atoms. The molecule has 0 aromatic carbocycles. The number of amides is 2. The molecule has 0 saturated heterocycles. The highest BCUT2D eigenvalue weighted by atomic mass is 16.2. The molecule has 4 nitrogen and oxygen atoms in total. The van der Waals surface area contributed by atoms with E-state index in [1.165, 1.54) is 4.90 Å². The van der Waals surface area contributed by atoms with Gasteiger partial charge in [0.15, 0.2) is 0 Å². The Balaban J connectivity index is 2.68. The summed E-state index contributed by atoms with van der Waals surface area (Å²) in [6, 6.07) is -0.178. The maximum absolute atomic E-state index is 11.0. The molecular weight excluding hydrogens is 142 g/mol. The minimum atomic E-state index is -0.178. The van der Waals surface area contributed by atoms with Crippen LogP contribution in [-0.4, -0.2) is 24.5 Å². The average Bonchev–Trinajstić information content (AvgIpc) is 2.04. The van der Waals surface area contributed by atoms with Crippen molar-refractivity contribution in [3.8, 4) is 0 Å². The summed E-state index contributed by atoms with van der Waals surface area (Å²) in [7, 11) is 1.58. The van der Waals surface area contributed by atoms with Crippen molar-refractivity contribution in [3.05, 3.63) is 24.0 Å². The smallest absolute Gasteiger partial charge is 0.323 e. The van der Waals surface area contributed by atoms with E-state index in [1.807, 2.05) is 12.2 Å². The largest absolute Gasteiger partial charge is 0.385 e. The second-order valence-electron chi connectivity index (χ2n) is 2.19. The fourth-order valence-corrected chi connectivity index (χ4v) is 0.863. The van der Waals surface area contributed by atoms with Crippen LogP contribution >= 0.6 is 0 Å². The van der Waals surface area contributed by atoms with Crippen molar-refractivity contribution in [1.82, 2.24) is 10.2 Å². The molecule has 3 N–H and O–H groups in total. The molecule has 1 aliphatic rings. The molecule has 0 atom stereocenters. The van der Waals surface area contributed by atoms with Crippen LogP contribution in [0.25, 0.3) is 0 Å². The third-order valence-electron chi connectivity index (χ3n) is 1.46. The molecule has 0 unspecified atom stereocenters. The van der Waals surface area contributed by atoms with E-state index in [0.717, 1.165) is 0 Å². The maximum atomic E-state index is 11.0. The van der Waals surface area contributed by atoms with Gasteiger partial charge < -0.3 is 11.1 Å². The summed E-state index contributed by atoms with van der Waals surface area (Å²) >= 11 is 0. The lowest BCUT2D eigenvalue weighted by molar-refractivity contribution is 0.216. The number of allylic oxidation sites excluding steroid dienone is 2. The lowest BCUT2D eigenvalue weighted by Crippen LogP contribution is -2.40. The number of carbonyl (C=O) groups excluding carboxylic acids is 1. The highest BCUT2D eigenvalue weighted by molar-refractivity contribution is 5.76. The van der Waals surface area contributed by atoms with Crippen molar-refractivity contribution in [1.29, 1.82) is 0 Å². The van der Waals surface area contributed by atoms with Crippen LogP contribution in [0, 0.1) is 0 Å². The first-order valence-corrected chi connectivity index (χ1v) is 3.37. The van der Waals surface area contributed by atoms with E-state index in [1.54, 1.807) is 13.1 Å². The second-order valence-corrected chi connectivity index (χ2v) is 2.19. The number of urea groups is 1. The standard InChI is InChI=1S/C7H11N3O/c1-9-7(11)10-5-3-2-4-6(10)8/h2-4H,5,8H2,1H3,(H,9,11). The highest BCUT2D eigenvalue weighted by Gasteiger charge is 2.13. The number of nitrogens with zero attached hydrogens (tertiary/aromatic N) is 1. The summed E-state index contributed by atoms with van der Waals surface area (Å²) in [5.74, 6) is 0.479. The molecule has 0 aromatic heterocycles. The average molecular weight is 153 g/mol. The Hall–Kier alpha value is -1.45. The molecule has 11 heavy (non-hydrogen) atoms. The van der Waals surface area contributed by atoms with Gasteiger partial charge in [-0.15, -0.1) is 0 Å². The van der Waals surface area contributed by atoms with Gasteiger partial charge in [0.05, 0.1) is 0 Å². The van der Waals surface area contributed by atoms with E-state index in [0.29, 0.717) is 12.4 Å². The minimum Gasteiger partial charge on any atom is -0.385 e. The summed E-state index contributed by atoms with van der Waals surface area (Å²) in [4.78, 5) is 12.5. The van der Waals surface area contributed by atoms with E-state index < -0.39 is 0 Å². The van der Waals surface area contributed by atoms with Gasteiger partial charge in [0.25, 0.3) is 0 Å². The Morgan fingerprint density at radius 1 is 1.82 bits per heavy atom. The number of nitrogens with two attached hydrogens (primary N) is 1. The Kier molecular flexibility index (Phi) is 2.15. The van der Waals surface area contributed by atoms with Crippen molar-refractivity contribution in [2.75, 3.05) is 13.6 Å². The maximum Gasteiger partial charge on any atom is 0.323 e. The number of nitrogens with one attached hydrogen (secondary N) is 1. The molecule has 4 heteroatoms. The molecule has 60 valence electrons. The normalized spacial score (nSPS) is 16.1. The van der Waals surface area contributed by atoms with Crippen LogP contribution in [0.15, 0.2) is 24.0 Å². The first-order valence-electron chi connectivity index (χ1n) is 3.37. The second kappa shape index (κ2) is 3.09. The van der Waals surface area contributed by atoms with Crippen molar-refractivity contribution in [2.24, 2.45) is 5.73 Å². The van der Waals surface area contributed by atoms with Gasteiger partial charge in [-0.1, -0.05) is 12.2 Å². The molecule has 1 heterocycles. The van der Waals surface area contributed by atoms with Gasteiger partial charge in [0.2, 0.25) is 0 Å².